The molecule has 2 rings (SSSR count). The lowest BCUT2D eigenvalue weighted by molar-refractivity contribution is -0.145. The van der Waals surface area contributed by atoms with E-state index in [1.165, 1.54) is 18.3 Å². The van der Waals surface area contributed by atoms with Crippen LogP contribution in [0.4, 0.5) is 5.00 Å². The molecule has 26 heavy (non-hydrogen) atoms. The van der Waals surface area contributed by atoms with Gasteiger partial charge in [0, 0.05) is 12.8 Å². The van der Waals surface area contributed by atoms with E-state index in [9.17, 15) is 9.59 Å². The van der Waals surface area contributed by atoms with Gasteiger partial charge in [-0.25, -0.2) is 4.98 Å². The van der Waals surface area contributed by atoms with Crippen LogP contribution in [0.1, 0.15) is 48.5 Å². The third kappa shape index (κ3) is 4.90. The zero-order valence-corrected chi connectivity index (χ0v) is 16.1. The van der Waals surface area contributed by atoms with Gasteiger partial charge in [-0.1, -0.05) is 26.0 Å². The van der Waals surface area contributed by atoms with Gasteiger partial charge in [-0.05, 0) is 24.6 Å². The Labute approximate surface area is 157 Å². The third-order valence-corrected chi connectivity index (χ3v) is 5.11. The second-order valence-corrected chi connectivity index (χ2v) is 7.18. The number of thiazole rings is 1. The molecule has 0 atom stereocenters. The lowest BCUT2D eigenvalue weighted by Crippen LogP contribution is -2.34. The van der Waals surface area contributed by atoms with Gasteiger partial charge in [0.1, 0.15) is 5.00 Å². The van der Waals surface area contributed by atoms with Crippen LogP contribution in [0.25, 0.3) is 0 Å². The zero-order valence-electron chi connectivity index (χ0n) is 15.3. The summed E-state index contributed by atoms with van der Waals surface area (Å²) in [6, 6.07) is 9.18. The maximum atomic E-state index is 12.7. The van der Waals surface area contributed by atoms with Crippen LogP contribution in [0.5, 0.6) is 0 Å². The minimum Gasteiger partial charge on any atom is -0.456 e. The third-order valence-electron chi connectivity index (χ3n) is 3.62. The average Bonchev–Trinajstić information content (AvgIpc) is 2.99. The number of anilines is 1. The van der Waals surface area contributed by atoms with Crippen molar-refractivity contribution in [2.24, 2.45) is 0 Å². The van der Waals surface area contributed by atoms with Gasteiger partial charge in [0.2, 0.25) is 0 Å². The van der Waals surface area contributed by atoms with Crippen molar-refractivity contribution >= 4 is 28.2 Å². The van der Waals surface area contributed by atoms with Crippen molar-refractivity contribution in [3.05, 3.63) is 46.1 Å². The van der Waals surface area contributed by atoms with Crippen molar-refractivity contribution in [2.75, 3.05) is 11.5 Å². The SMILES string of the molecule is CC(=O)OCC(=O)N(Cc1cccc(C#N)c1)c1sc(C(C)C)nc1C. The van der Waals surface area contributed by atoms with Gasteiger partial charge in [-0.3, -0.25) is 14.5 Å². The number of aromatic nitrogens is 1. The fourth-order valence-corrected chi connectivity index (χ4v) is 3.43. The van der Waals surface area contributed by atoms with Crippen LogP contribution in [0.15, 0.2) is 24.3 Å². The average molecular weight is 371 g/mol. The molecule has 0 unspecified atom stereocenters. The molecule has 0 spiro atoms. The number of benzene rings is 1. The molecular formula is C19H21N3O3S. The predicted octanol–water partition coefficient (Wildman–Crippen LogP) is 3.54. The van der Waals surface area contributed by atoms with Crippen LogP contribution in [0.3, 0.4) is 0 Å². The van der Waals surface area contributed by atoms with Crippen LogP contribution in [0.2, 0.25) is 0 Å². The molecule has 0 aliphatic carbocycles. The van der Waals surface area contributed by atoms with Gasteiger partial charge in [-0.2, -0.15) is 5.26 Å². The maximum absolute atomic E-state index is 12.7. The Kier molecular flexibility index (Phi) is 6.47. The van der Waals surface area contributed by atoms with E-state index in [1.807, 2.05) is 26.8 Å². The molecule has 0 saturated carbocycles. The summed E-state index contributed by atoms with van der Waals surface area (Å²) in [6.07, 6.45) is 0. The van der Waals surface area contributed by atoms with Crippen LogP contribution >= 0.6 is 11.3 Å². The molecule has 0 bridgehead atoms. The Hall–Kier alpha value is -2.72. The Morgan fingerprint density at radius 1 is 1.38 bits per heavy atom. The molecular weight excluding hydrogens is 350 g/mol. The van der Waals surface area contributed by atoms with Gasteiger partial charge in [0.15, 0.2) is 6.61 Å². The summed E-state index contributed by atoms with van der Waals surface area (Å²) in [4.78, 5) is 29.9. The lowest BCUT2D eigenvalue weighted by Gasteiger charge is -2.21. The topological polar surface area (TPSA) is 83.3 Å². The summed E-state index contributed by atoms with van der Waals surface area (Å²) >= 11 is 1.46. The van der Waals surface area contributed by atoms with Crippen molar-refractivity contribution < 1.29 is 14.3 Å². The molecule has 0 N–H and O–H groups in total. The smallest absolute Gasteiger partial charge is 0.303 e. The number of carbonyl (C=O) groups excluding carboxylic acids is 2. The molecule has 7 heteroatoms. The predicted molar refractivity (Wildman–Crippen MR) is 99.9 cm³/mol. The fraction of sp³-hybridized carbons (Fsp3) is 0.368. The number of nitriles is 1. The first-order valence-electron chi connectivity index (χ1n) is 8.22. The number of nitrogens with zero attached hydrogens (tertiary/aromatic N) is 3. The number of aryl methyl sites for hydroxylation is 1. The molecule has 0 radical (unpaired) electrons. The van der Waals surface area contributed by atoms with Gasteiger partial charge >= 0.3 is 5.97 Å². The zero-order chi connectivity index (χ0) is 19.3. The summed E-state index contributed by atoms with van der Waals surface area (Å²) in [7, 11) is 0. The van der Waals surface area contributed by atoms with E-state index < -0.39 is 5.97 Å². The van der Waals surface area contributed by atoms with Gasteiger partial charge in [0.05, 0.1) is 28.9 Å². The molecule has 1 aromatic carbocycles. The highest BCUT2D eigenvalue weighted by atomic mass is 32.1. The maximum Gasteiger partial charge on any atom is 0.303 e. The quantitative estimate of drug-likeness (QED) is 0.725. The summed E-state index contributed by atoms with van der Waals surface area (Å²) in [5, 5.41) is 10.7. The molecule has 2 aromatic rings. The van der Waals surface area contributed by atoms with Crippen molar-refractivity contribution in [2.45, 2.75) is 40.2 Å². The first kappa shape index (κ1) is 19.6. The van der Waals surface area contributed by atoms with E-state index in [0.29, 0.717) is 5.56 Å². The Morgan fingerprint density at radius 2 is 2.12 bits per heavy atom. The van der Waals surface area contributed by atoms with E-state index in [0.717, 1.165) is 21.3 Å². The molecule has 1 heterocycles. The van der Waals surface area contributed by atoms with E-state index in [1.54, 1.807) is 23.1 Å². The summed E-state index contributed by atoms with van der Waals surface area (Å²) in [5.41, 5.74) is 2.10. The summed E-state index contributed by atoms with van der Waals surface area (Å²) < 4.78 is 4.88. The summed E-state index contributed by atoms with van der Waals surface area (Å²) in [5.74, 6) is -0.585. The highest BCUT2D eigenvalue weighted by Gasteiger charge is 2.23. The van der Waals surface area contributed by atoms with Gasteiger partial charge in [-0.15, -0.1) is 11.3 Å². The highest BCUT2D eigenvalue weighted by molar-refractivity contribution is 7.16. The highest BCUT2D eigenvalue weighted by Crippen LogP contribution is 2.33. The second-order valence-electron chi connectivity index (χ2n) is 6.17. The van der Waals surface area contributed by atoms with E-state index >= 15 is 0 Å². The minimum absolute atomic E-state index is 0.250. The molecule has 6 nitrogen and oxygen atoms in total. The summed E-state index contributed by atoms with van der Waals surface area (Å²) in [6.45, 7) is 7.16. The molecule has 1 amide bonds. The number of hydrogen-bond acceptors (Lipinski definition) is 6. The monoisotopic (exact) mass is 371 g/mol. The van der Waals surface area contributed by atoms with Gasteiger partial charge in [0.25, 0.3) is 5.91 Å². The number of ether oxygens (including phenoxy) is 1. The number of esters is 1. The number of carbonyl (C=O) groups is 2. The van der Waals surface area contributed by atoms with Crippen molar-refractivity contribution in [3.8, 4) is 6.07 Å². The first-order chi connectivity index (χ1) is 12.3. The molecule has 0 aliphatic heterocycles. The molecule has 1 aromatic heterocycles. The van der Waals surface area contributed by atoms with Crippen LogP contribution < -0.4 is 4.90 Å². The van der Waals surface area contributed by atoms with E-state index in [2.05, 4.69) is 11.1 Å². The number of rotatable bonds is 6. The minimum atomic E-state index is -0.506. The second kappa shape index (κ2) is 8.59. The first-order valence-corrected chi connectivity index (χ1v) is 9.03. The van der Waals surface area contributed by atoms with Gasteiger partial charge < -0.3 is 4.74 Å². The van der Waals surface area contributed by atoms with E-state index in [4.69, 9.17) is 10.00 Å². The largest absolute Gasteiger partial charge is 0.456 e. The fourth-order valence-electron chi connectivity index (χ4n) is 2.34. The molecule has 136 valence electrons. The van der Waals surface area contributed by atoms with Crippen LogP contribution in [-0.4, -0.2) is 23.5 Å². The molecule has 0 fully saturated rings. The Bertz CT molecular complexity index is 852. The molecule has 0 aliphatic rings. The standard InChI is InChI=1S/C19H21N3O3S/c1-12(2)18-21-13(3)19(26-18)22(17(24)11-25-14(4)23)10-16-7-5-6-15(8-16)9-20/h5-8,12H,10-11H2,1-4H3. The van der Waals surface area contributed by atoms with Crippen molar-refractivity contribution in [1.82, 2.24) is 4.98 Å². The number of amides is 1. The van der Waals surface area contributed by atoms with E-state index in [-0.39, 0.29) is 25.0 Å². The normalized spacial score (nSPS) is 10.5. The van der Waals surface area contributed by atoms with Crippen LogP contribution in [0, 0.1) is 18.3 Å². The Balaban J connectivity index is 2.36. The molecule has 0 saturated heterocycles. The van der Waals surface area contributed by atoms with Crippen molar-refractivity contribution in [1.29, 1.82) is 5.26 Å². The Morgan fingerprint density at radius 3 is 2.69 bits per heavy atom. The lowest BCUT2D eigenvalue weighted by atomic mass is 10.1. The van der Waals surface area contributed by atoms with Crippen molar-refractivity contribution in [3.63, 3.8) is 0 Å². The number of hydrogen-bond donors (Lipinski definition) is 0. The van der Waals surface area contributed by atoms with Crippen LogP contribution in [-0.2, 0) is 20.9 Å².